The number of hydrogen-bond acceptors (Lipinski definition) is 4. The van der Waals surface area contributed by atoms with Crippen molar-refractivity contribution in [2.45, 2.75) is 68.2 Å². The Labute approximate surface area is 125 Å². The maximum Gasteiger partial charge on any atom is 0.305 e. The largest absolute Gasteiger partial charge is 0.469 e. The smallest absolute Gasteiger partial charge is 0.305 e. The van der Waals surface area contributed by atoms with Gasteiger partial charge in [0, 0.05) is 17.8 Å². The average Bonchev–Trinajstić information content (AvgIpc) is 2.52. The molecule has 0 saturated heterocycles. The van der Waals surface area contributed by atoms with Gasteiger partial charge in [0.05, 0.1) is 7.11 Å². The van der Waals surface area contributed by atoms with Crippen LogP contribution in [0.1, 0.15) is 64.9 Å². The fourth-order valence-electron chi connectivity index (χ4n) is 1.31. The van der Waals surface area contributed by atoms with Crippen molar-refractivity contribution >= 4 is 5.97 Å². The van der Waals surface area contributed by atoms with E-state index in [0.29, 0.717) is 12.8 Å². The summed E-state index contributed by atoms with van der Waals surface area (Å²) in [4.78, 5) is 19.1. The fraction of sp³-hybridized carbons (Fsp3) is 0.688. The number of carbonyl (C=O) groups is 1. The number of aromatic nitrogens is 2. The molecule has 4 nitrogen and oxygen atoms in total. The number of methoxy groups -OCH3 is 1. The van der Waals surface area contributed by atoms with Gasteiger partial charge in [0.2, 0.25) is 0 Å². The van der Waals surface area contributed by atoms with Crippen LogP contribution < -0.4 is 0 Å². The molecule has 0 atom stereocenters. The first kappa shape index (κ1) is 23.6. The summed E-state index contributed by atoms with van der Waals surface area (Å²) in [5, 5.41) is 0. The SMILES string of the molecule is CC.CC.CC.COC(=O)CCc1c(C)ncnc1C. The highest BCUT2D eigenvalue weighted by molar-refractivity contribution is 5.69. The first-order valence-electron chi connectivity index (χ1n) is 7.49. The summed E-state index contributed by atoms with van der Waals surface area (Å²) >= 11 is 0. The molecule has 0 amide bonds. The van der Waals surface area contributed by atoms with Crippen LogP contribution in [-0.4, -0.2) is 23.0 Å². The van der Waals surface area contributed by atoms with E-state index in [1.54, 1.807) is 0 Å². The molecule has 0 unspecified atom stereocenters. The average molecular weight is 284 g/mol. The maximum atomic E-state index is 10.9. The lowest BCUT2D eigenvalue weighted by atomic mass is 10.1. The Balaban J connectivity index is -0.000000425. The maximum absolute atomic E-state index is 10.9. The van der Waals surface area contributed by atoms with E-state index in [9.17, 15) is 4.79 Å². The standard InChI is InChI=1S/C10H14N2O2.3C2H6/c1-7-9(4-5-10(13)14-3)8(2)12-6-11-7;3*1-2/h6H,4-5H2,1-3H3;3*1-2H3. The van der Waals surface area contributed by atoms with E-state index in [1.165, 1.54) is 13.4 Å². The molecule has 0 aliphatic heterocycles. The van der Waals surface area contributed by atoms with Crippen LogP contribution in [0.3, 0.4) is 0 Å². The van der Waals surface area contributed by atoms with Crippen LogP contribution in [0.5, 0.6) is 0 Å². The van der Waals surface area contributed by atoms with E-state index in [4.69, 9.17) is 0 Å². The Bertz CT molecular complexity index is 319. The van der Waals surface area contributed by atoms with Crippen molar-refractivity contribution in [3.8, 4) is 0 Å². The number of hydrogen-bond donors (Lipinski definition) is 0. The van der Waals surface area contributed by atoms with Crippen molar-refractivity contribution in [1.29, 1.82) is 0 Å². The molecular formula is C16H32N2O2. The molecule has 118 valence electrons. The van der Waals surface area contributed by atoms with Crippen molar-refractivity contribution in [1.82, 2.24) is 9.97 Å². The van der Waals surface area contributed by atoms with Crippen LogP contribution in [0.25, 0.3) is 0 Å². The molecule has 0 bridgehead atoms. The molecule has 0 aliphatic carbocycles. The molecular weight excluding hydrogens is 252 g/mol. The Hall–Kier alpha value is -1.45. The van der Waals surface area contributed by atoms with Gasteiger partial charge in [-0.25, -0.2) is 9.97 Å². The zero-order chi connectivity index (χ0) is 16.6. The first-order chi connectivity index (χ1) is 9.65. The predicted molar refractivity (Wildman–Crippen MR) is 85.9 cm³/mol. The molecule has 0 N–H and O–H groups in total. The van der Waals surface area contributed by atoms with Crippen molar-refractivity contribution in [3.05, 3.63) is 23.3 Å². The minimum Gasteiger partial charge on any atom is -0.469 e. The molecule has 0 radical (unpaired) electrons. The lowest BCUT2D eigenvalue weighted by Crippen LogP contribution is -2.05. The van der Waals surface area contributed by atoms with Gasteiger partial charge < -0.3 is 4.74 Å². The number of nitrogens with zero attached hydrogens (tertiary/aromatic N) is 2. The van der Waals surface area contributed by atoms with Crippen molar-refractivity contribution in [2.75, 3.05) is 7.11 Å². The molecule has 0 aliphatic rings. The molecule has 0 spiro atoms. The monoisotopic (exact) mass is 284 g/mol. The van der Waals surface area contributed by atoms with Crippen molar-refractivity contribution in [2.24, 2.45) is 0 Å². The van der Waals surface area contributed by atoms with E-state index in [0.717, 1.165) is 17.0 Å². The lowest BCUT2D eigenvalue weighted by molar-refractivity contribution is -0.140. The zero-order valence-electron chi connectivity index (χ0n) is 14.7. The van der Waals surface area contributed by atoms with Gasteiger partial charge in [-0.15, -0.1) is 0 Å². The third-order valence-electron chi connectivity index (χ3n) is 2.18. The van der Waals surface area contributed by atoms with Crippen LogP contribution >= 0.6 is 0 Å². The molecule has 0 fully saturated rings. The minimum atomic E-state index is -0.201. The zero-order valence-corrected chi connectivity index (χ0v) is 14.7. The summed E-state index contributed by atoms with van der Waals surface area (Å²) in [5.74, 6) is -0.201. The topological polar surface area (TPSA) is 52.1 Å². The summed E-state index contributed by atoms with van der Waals surface area (Å²) in [6.07, 6.45) is 2.56. The van der Waals surface area contributed by atoms with Crippen LogP contribution in [-0.2, 0) is 16.0 Å². The molecule has 0 saturated carbocycles. The van der Waals surface area contributed by atoms with Gasteiger partial charge >= 0.3 is 5.97 Å². The first-order valence-corrected chi connectivity index (χ1v) is 7.49. The van der Waals surface area contributed by atoms with Gasteiger partial charge in [-0.05, 0) is 25.8 Å². The second-order valence-corrected chi connectivity index (χ2v) is 3.10. The van der Waals surface area contributed by atoms with Crippen LogP contribution in [0.2, 0.25) is 0 Å². The molecule has 1 rings (SSSR count). The quantitative estimate of drug-likeness (QED) is 0.777. The minimum absolute atomic E-state index is 0.201. The summed E-state index contributed by atoms with van der Waals surface area (Å²) in [6.45, 7) is 15.8. The second kappa shape index (κ2) is 17.6. The predicted octanol–water partition coefficient (Wildman–Crippen LogP) is 4.28. The Morgan fingerprint density at radius 1 is 1.00 bits per heavy atom. The van der Waals surface area contributed by atoms with E-state index >= 15 is 0 Å². The summed E-state index contributed by atoms with van der Waals surface area (Å²) in [5.41, 5.74) is 2.90. The number of esters is 1. The molecule has 4 heteroatoms. The van der Waals surface area contributed by atoms with E-state index in [2.05, 4.69) is 14.7 Å². The number of rotatable bonds is 3. The molecule has 0 aromatic carbocycles. The van der Waals surface area contributed by atoms with Gasteiger partial charge in [-0.1, -0.05) is 41.5 Å². The van der Waals surface area contributed by atoms with Crippen LogP contribution in [0, 0.1) is 13.8 Å². The highest BCUT2D eigenvalue weighted by atomic mass is 16.5. The normalized spacial score (nSPS) is 7.85. The molecule has 1 aromatic rings. The number of ether oxygens (including phenoxy) is 1. The number of aryl methyl sites for hydroxylation is 2. The summed E-state index contributed by atoms with van der Waals surface area (Å²) in [7, 11) is 1.39. The Kier molecular flexibility index (Phi) is 20.7. The third-order valence-corrected chi connectivity index (χ3v) is 2.18. The second-order valence-electron chi connectivity index (χ2n) is 3.10. The fourth-order valence-corrected chi connectivity index (χ4v) is 1.31. The molecule has 1 aromatic heterocycles. The van der Waals surface area contributed by atoms with Gasteiger partial charge in [0.25, 0.3) is 0 Å². The summed E-state index contributed by atoms with van der Waals surface area (Å²) in [6, 6.07) is 0. The van der Waals surface area contributed by atoms with E-state index in [-0.39, 0.29) is 5.97 Å². The number of carbonyl (C=O) groups excluding carboxylic acids is 1. The van der Waals surface area contributed by atoms with Crippen LogP contribution in [0.4, 0.5) is 0 Å². The Morgan fingerprint density at radius 3 is 1.75 bits per heavy atom. The van der Waals surface area contributed by atoms with Gasteiger partial charge in [-0.2, -0.15) is 0 Å². The highest BCUT2D eigenvalue weighted by Crippen LogP contribution is 2.10. The summed E-state index contributed by atoms with van der Waals surface area (Å²) < 4.78 is 4.57. The lowest BCUT2D eigenvalue weighted by Gasteiger charge is -2.06. The van der Waals surface area contributed by atoms with E-state index < -0.39 is 0 Å². The van der Waals surface area contributed by atoms with Crippen molar-refractivity contribution < 1.29 is 9.53 Å². The van der Waals surface area contributed by atoms with Gasteiger partial charge in [0.15, 0.2) is 0 Å². The highest BCUT2D eigenvalue weighted by Gasteiger charge is 2.07. The van der Waals surface area contributed by atoms with Crippen LogP contribution in [0.15, 0.2) is 6.33 Å². The molecule has 1 heterocycles. The van der Waals surface area contributed by atoms with E-state index in [1.807, 2.05) is 55.4 Å². The Morgan fingerprint density at radius 2 is 1.40 bits per heavy atom. The van der Waals surface area contributed by atoms with Gasteiger partial charge in [0.1, 0.15) is 6.33 Å². The van der Waals surface area contributed by atoms with Gasteiger partial charge in [-0.3, -0.25) is 4.79 Å². The third kappa shape index (κ3) is 10.5. The van der Waals surface area contributed by atoms with Crippen molar-refractivity contribution in [3.63, 3.8) is 0 Å². The molecule has 20 heavy (non-hydrogen) atoms.